The van der Waals surface area contributed by atoms with Crippen LogP contribution in [0.5, 0.6) is 11.5 Å². The third-order valence-corrected chi connectivity index (χ3v) is 3.86. The molecule has 0 aliphatic heterocycles. The molecule has 0 fully saturated rings. The van der Waals surface area contributed by atoms with Gasteiger partial charge in [0.1, 0.15) is 5.69 Å². The van der Waals surface area contributed by atoms with E-state index in [9.17, 15) is 9.90 Å². The molecule has 24 heavy (non-hydrogen) atoms. The first-order valence-electron chi connectivity index (χ1n) is 6.99. The molecule has 0 spiro atoms. The van der Waals surface area contributed by atoms with Crippen molar-refractivity contribution in [3.05, 3.63) is 43.5 Å². The van der Waals surface area contributed by atoms with Gasteiger partial charge in [-0.15, -0.1) is 0 Å². The number of aromatic nitrogens is 3. The summed E-state index contributed by atoms with van der Waals surface area (Å²) in [5.41, 5.74) is -0.178. The lowest BCUT2D eigenvalue weighted by molar-refractivity contribution is 0.373. The highest BCUT2D eigenvalue weighted by molar-refractivity contribution is 7.71. The molecule has 0 amide bonds. The first-order chi connectivity index (χ1) is 11.2. The molecular weight excluding hydrogens is 352 g/mol. The van der Waals surface area contributed by atoms with Crippen LogP contribution in [-0.2, 0) is 5.41 Å². The molecule has 2 rings (SSSR count). The fourth-order valence-corrected chi connectivity index (χ4v) is 2.31. The highest BCUT2D eigenvalue weighted by Gasteiger charge is 2.21. The zero-order valence-corrected chi connectivity index (χ0v) is 15.2. The molecular formula is C15H17ClN4O3S. The number of aromatic amines is 1. The van der Waals surface area contributed by atoms with Gasteiger partial charge in [-0.2, -0.15) is 14.9 Å². The molecule has 0 atom stereocenters. The van der Waals surface area contributed by atoms with Crippen molar-refractivity contribution in [2.24, 2.45) is 5.10 Å². The van der Waals surface area contributed by atoms with Crippen LogP contribution >= 0.6 is 23.8 Å². The van der Waals surface area contributed by atoms with Crippen molar-refractivity contribution in [3.8, 4) is 11.5 Å². The standard InChI is InChI=1S/C15H17ClN4O3S/c1-15(2,3)12-13(22)20(14(24)19-18-12)17-7-8-5-6-9(23-4)11(21)10(8)16/h5-7,21H,1-4H3,(H,19,24)/b17-7-. The van der Waals surface area contributed by atoms with Gasteiger partial charge in [-0.1, -0.05) is 32.4 Å². The Kier molecular flexibility index (Phi) is 5.10. The minimum Gasteiger partial charge on any atom is -0.503 e. The smallest absolute Gasteiger partial charge is 0.297 e. The second-order valence-corrected chi connectivity index (χ2v) is 6.77. The molecule has 7 nitrogen and oxygen atoms in total. The Balaban J connectivity index is 2.53. The predicted octanol–water partition coefficient (Wildman–Crippen LogP) is 2.85. The molecule has 0 unspecified atom stereocenters. The van der Waals surface area contributed by atoms with Crippen molar-refractivity contribution in [2.45, 2.75) is 26.2 Å². The van der Waals surface area contributed by atoms with Gasteiger partial charge in [0, 0.05) is 11.0 Å². The number of ether oxygens (including phenoxy) is 1. The zero-order valence-electron chi connectivity index (χ0n) is 13.6. The first kappa shape index (κ1) is 18.2. The molecule has 1 aromatic carbocycles. The number of rotatable bonds is 3. The summed E-state index contributed by atoms with van der Waals surface area (Å²) >= 11 is 11.1. The van der Waals surface area contributed by atoms with Crippen molar-refractivity contribution in [1.29, 1.82) is 0 Å². The number of hydrogen-bond acceptors (Lipinski definition) is 6. The van der Waals surface area contributed by atoms with E-state index >= 15 is 0 Å². The number of nitrogens with one attached hydrogen (secondary N) is 1. The van der Waals surface area contributed by atoms with Crippen molar-refractivity contribution in [2.75, 3.05) is 7.11 Å². The summed E-state index contributed by atoms with van der Waals surface area (Å²) < 4.78 is 6.05. The maximum absolute atomic E-state index is 12.5. The van der Waals surface area contributed by atoms with E-state index in [1.165, 1.54) is 13.3 Å². The van der Waals surface area contributed by atoms with Gasteiger partial charge in [0.05, 0.1) is 18.3 Å². The number of hydrogen-bond donors (Lipinski definition) is 2. The number of methoxy groups -OCH3 is 1. The molecule has 128 valence electrons. The van der Waals surface area contributed by atoms with E-state index in [0.29, 0.717) is 11.3 Å². The van der Waals surface area contributed by atoms with Crippen molar-refractivity contribution < 1.29 is 9.84 Å². The molecule has 1 heterocycles. The lowest BCUT2D eigenvalue weighted by atomic mass is 9.93. The summed E-state index contributed by atoms with van der Waals surface area (Å²) in [4.78, 5) is 12.5. The number of H-pyrrole nitrogens is 1. The maximum Gasteiger partial charge on any atom is 0.297 e. The van der Waals surface area contributed by atoms with E-state index in [2.05, 4.69) is 15.3 Å². The van der Waals surface area contributed by atoms with E-state index in [1.54, 1.807) is 12.1 Å². The lowest BCUT2D eigenvalue weighted by Gasteiger charge is -2.16. The number of phenolic OH excluding ortho intramolecular Hbond substituents is 1. The van der Waals surface area contributed by atoms with Gasteiger partial charge in [0.15, 0.2) is 11.5 Å². The van der Waals surface area contributed by atoms with Crippen LogP contribution in [0.4, 0.5) is 0 Å². The Labute approximate surface area is 148 Å². The molecule has 0 aliphatic rings. The van der Waals surface area contributed by atoms with Gasteiger partial charge in [-0.05, 0) is 24.4 Å². The molecule has 0 saturated heterocycles. The summed E-state index contributed by atoms with van der Waals surface area (Å²) in [6.45, 7) is 5.58. The molecule has 0 radical (unpaired) electrons. The van der Waals surface area contributed by atoms with Gasteiger partial charge in [-0.3, -0.25) is 9.89 Å². The Bertz CT molecular complexity index is 912. The van der Waals surface area contributed by atoms with E-state index in [1.807, 2.05) is 20.8 Å². The van der Waals surface area contributed by atoms with Crippen molar-refractivity contribution in [3.63, 3.8) is 0 Å². The number of aromatic hydroxyl groups is 1. The van der Waals surface area contributed by atoms with Crippen LogP contribution in [0.1, 0.15) is 32.0 Å². The molecule has 0 bridgehead atoms. The van der Waals surface area contributed by atoms with E-state index in [4.69, 9.17) is 28.6 Å². The van der Waals surface area contributed by atoms with Crippen LogP contribution in [0.2, 0.25) is 5.02 Å². The summed E-state index contributed by atoms with van der Waals surface area (Å²) in [6, 6.07) is 3.15. The molecule has 2 N–H and O–H groups in total. The van der Waals surface area contributed by atoms with Crippen LogP contribution in [0.25, 0.3) is 0 Å². The summed E-state index contributed by atoms with van der Waals surface area (Å²) in [6.07, 6.45) is 1.33. The average Bonchev–Trinajstić information content (AvgIpc) is 2.49. The minimum absolute atomic E-state index is 0.0538. The molecule has 2 aromatic rings. The molecule has 9 heteroatoms. The normalized spacial score (nSPS) is 11.9. The highest BCUT2D eigenvalue weighted by Crippen LogP contribution is 2.35. The minimum atomic E-state index is -0.468. The quantitative estimate of drug-likeness (QED) is 0.642. The van der Waals surface area contributed by atoms with E-state index in [0.717, 1.165) is 4.68 Å². The van der Waals surface area contributed by atoms with Gasteiger partial charge in [0.2, 0.25) is 4.77 Å². The second-order valence-electron chi connectivity index (χ2n) is 6.01. The SMILES string of the molecule is COc1ccc(/C=N\n2c(=S)[nH]nc(C(C)(C)C)c2=O)c(Cl)c1O. The first-order valence-corrected chi connectivity index (χ1v) is 7.77. The molecule has 1 aromatic heterocycles. The maximum atomic E-state index is 12.5. The number of nitrogens with zero attached hydrogens (tertiary/aromatic N) is 3. The highest BCUT2D eigenvalue weighted by atomic mass is 35.5. The van der Waals surface area contributed by atoms with Gasteiger partial charge >= 0.3 is 0 Å². The van der Waals surface area contributed by atoms with Crippen LogP contribution in [0, 0.1) is 4.77 Å². The summed E-state index contributed by atoms with van der Waals surface area (Å²) in [7, 11) is 1.42. The van der Waals surface area contributed by atoms with Gasteiger partial charge < -0.3 is 9.84 Å². The second kappa shape index (κ2) is 6.74. The number of halogens is 1. The van der Waals surface area contributed by atoms with E-state index < -0.39 is 11.0 Å². The zero-order chi connectivity index (χ0) is 18.1. The van der Waals surface area contributed by atoms with Crippen LogP contribution in [0.3, 0.4) is 0 Å². The van der Waals surface area contributed by atoms with Crippen LogP contribution in [0.15, 0.2) is 22.0 Å². The predicted molar refractivity (Wildman–Crippen MR) is 95.0 cm³/mol. The Hall–Kier alpha value is -2.19. The van der Waals surface area contributed by atoms with Crippen molar-refractivity contribution >= 4 is 30.0 Å². The van der Waals surface area contributed by atoms with Crippen molar-refractivity contribution in [1.82, 2.24) is 14.9 Å². The lowest BCUT2D eigenvalue weighted by Crippen LogP contribution is -2.32. The fraction of sp³-hybridized carbons (Fsp3) is 0.333. The van der Waals surface area contributed by atoms with Crippen LogP contribution < -0.4 is 10.3 Å². The fourth-order valence-electron chi connectivity index (χ4n) is 1.93. The molecule has 0 aliphatic carbocycles. The topological polar surface area (TPSA) is 92.5 Å². The van der Waals surface area contributed by atoms with Gasteiger partial charge in [-0.25, -0.2) is 0 Å². The number of phenols is 1. The molecule has 0 saturated carbocycles. The average molecular weight is 369 g/mol. The summed E-state index contributed by atoms with van der Waals surface area (Å²) in [5.74, 6) is 0.0382. The monoisotopic (exact) mass is 368 g/mol. The van der Waals surface area contributed by atoms with Gasteiger partial charge in [0.25, 0.3) is 5.56 Å². The summed E-state index contributed by atoms with van der Waals surface area (Å²) in [5, 5.41) is 20.7. The Morgan fingerprint density at radius 3 is 2.71 bits per heavy atom. The largest absolute Gasteiger partial charge is 0.503 e. The Morgan fingerprint density at radius 1 is 1.46 bits per heavy atom. The van der Waals surface area contributed by atoms with E-state index in [-0.39, 0.29) is 21.3 Å². The van der Waals surface area contributed by atoms with Crippen LogP contribution in [-0.4, -0.2) is 33.3 Å². The Morgan fingerprint density at radius 2 is 2.12 bits per heavy atom. The number of benzene rings is 1. The third-order valence-electron chi connectivity index (χ3n) is 3.20. The third kappa shape index (κ3) is 3.49.